The summed E-state index contributed by atoms with van der Waals surface area (Å²) in [5.74, 6) is 0. The van der Waals surface area contributed by atoms with Crippen LogP contribution in [0, 0.1) is 0 Å². The minimum absolute atomic E-state index is 0.0423. The van der Waals surface area contributed by atoms with Crippen molar-refractivity contribution in [2.24, 2.45) is 0 Å². The molecule has 3 aliphatic carbocycles. The second-order valence-corrected chi connectivity index (χ2v) is 22.2. The monoisotopic (exact) mass is 858 g/mol. The van der Waals surface area contributed by atoms with Gasteiger partial charge in [0.15, 0.2) is 0 Å². The molecule has 0 radical (unpaired) electrons. The molecule has 0 saturated carbocycles. The Labute approximate surface area is 394 Å². The molecule has 0 bridgehead atoms. The van der Waals surface area contributed by atoms with E-state index in [1.165, 1.54) is 134 Å². The highest BCUT2D eigenvalue weighted by Crippen LogP contribution is 2.65. The van der Waals surface area contributed by atoms with Crippen LogP contribution in [0.3, 0.4) is 0 Å². The van der Waals surface area contributed by atoms with Crippen LogP contribution in [0.2, 0.25) is 0 Å². The normalized spacial score (nSPS) is 18.0. The van der Waals surface area contributed by atoms with Crippen molar-refractivity contribution in [1.82, 2.24) is 0 Å². The van der Waals surface area contributed by atoms with E-state index in [2.05, 4.69) is 227 Å². The molecule has 0 amide bonds. The van der Waals surface area contributed by atoms with Gasteiger partial charge in [0.25, 0.3) is 0 Å². The summed E-state index contributed by atoms with van der Waals surface area (Å²) in [5.41, 5.74) is 27.9. The third-order valence-corrected chi connectivity index (χ3v) is 17.7. The number of anilines is 5. The number of hydrogen-bond acceptors (Lipinski definition) is 2. The molecule has 0 aromatic heterocycles. The molecule has 0 saturated heterocycles. The smallest absolute Gasteiger partial charge is 0.333 e. The van der Waals surface area contributed by atoms with E-state index in [0.717, 1.165) is 6.42 Å². The SMILES string of the molecule is CC1(C)CCC(C)(C)c2cc(N3B4c5cccc6c5N(c5ccccc5C65c6ccccc6-c6ccccc65)c5cc6ccccc6c(c54)-c4ccc5c(c43)-c3ccccc3C5(C)C)ccc21. The quantitative estimate of drug-likeness (QED) is 0.152. The zero-order valence-electron chi connectivity index (χ0n) is 39.1. The van der Waals surface area contributed by atoms with Crippen molar-refractivity contribution in [3.05, 3.63) is 220 Å². The average Bonchev–Trinajstić information content (AvgIpc) is 3.77. The van der Waals surface area contributed by atoms with Crippen LogP contribution in [-0.2, 0) is 21.7 Å². The molecule has 9 aromatic rings. The highest BCUT2D eigenvalue weighted by atomic mass is 15.2. The second kappa shape index (κ2) is 12.5. The lowest BCUT2D eigenvalue weighted by molar-refractivity contribution is 0.332. The highest BCUT2D eigenvalue weighted by Gasteiger charge is 2.56. The predicted molar refractivity (Wildman–Crippen MR) is 281 cm³/mol. The van der Waals surface area contributed by atoms with Crippen LogP contribution in [0.1, 0.15) is 98.9 Å². The molecule has 1 spiro atoms. The van der Waals surface area contributed by atoms with E-state index in [4.69, 9.17) is 0 Å². The maximum atomic E-state index is 2.83. The first-order chi connectivity index (χ1) is 32.5. The van der Waals surface area contributed by atoms with Crippen molar-refractivity contribution in [1.29, 1.82) is 0 Å². The van der Waals surface area contributed by atoms with Gasteiger partial charge in [-0.3, -0.25) is 0 Å². The van der Waals surface area contributed by atoms with E-state index in [9.17, 15) is 0 Å². The Kier molecular flexibility index (Phi) is 7.08. The van der Waals surface area contributed by atoms with Crippen molar-refractivity contribution in [3.8, 4) is 33.4 Å². The molecule has 9 aromatic carbocycles. The van der Waals surface area contributed by atoms with Gasteiger partial charge in [-0.25, -0.2) is 0 Å². The topological polar surface area (TPSA) is 6.48 Å². The first-order valence-electron chi connectivity index (χ1n) is 24.5. The van der Waals surface area contributed by atoms with Crippen LogP contribution >= 0.6 is 0 Å². The van der Waals surface area contributed by atoms with Crippen molar-refractivity contribution in [2.75, 3.05) is 9.71 Å². The molecule has 3 heteroatoms. The fourth-order valence-corrected chi connectivity index (χ4v) is 14.5. The van der Waals surface area contributed by atoms with Crippen molar-refractivity contribution >= 4 is 57.0 Å². The summed E-state index contributed by atoms with van der Waals surface area (Å²) in [7, 11) is 0. The number of hydrogen-bond donors (Lipinski definition) is 0. The average molecular weight is 859 g/mol. The largest absolute Gasteiger partial charge is 0.376 e. The number of nitrogens with zero attached hydrogens (tertiary/aromatic N) is 2. The molecule has 320 valence electrons. The third-order valence-electron chi connectivity index (χ3n) is 17.7. The van der Waals surface area contributed by atoms with E-state index in [1.54, 1.807) is 0 Å². The van der Waals surface area contributed by atoms with Crippen LogP contribution in [0.4, 0.5) is 28.4 Å². The Bertz CT molecular complexity index is 3670. The second-order valence-electron chi connectivity index (χ2n) is 22.2. The third kappa shape index (κ3) is 4.46. The molecule has 3 aliphatic heterocycles. The van der Waals surface area contributed by atoms with Crippen LogP contribution in [0.25, 0.3) is 44.2 Å². The first-order valence-corrected chi connectivity index (χ1v) is 24.5. The van der Waals surface area contributed by atoms with Gasteiger partial charge in [0, 0.05) is 39.3 Å². The number of para-hydroxylation sites is 2. The Balaban J connectivity index is 1.13. The standard InChI is InChI=1S/C64H51BN2/c1-61(2)34-35-62(3,4)52-37-39(30-32-48(52)61)67-59-44(31-33-50-57(59)43-22-11-12-23-45(43)63(50,5)6)56-40-19-8-7-18-38(40)36-55-58(56)65(67)53-28-17-27-51-60(53)66(55)54-29-16-15-26-49(54)64(51)46-24-13-9-20-41(46)42-21-10-14-25-47(42)64/h7-33,36-37H,34-35H2,1-6H3. The summed E-state index contributed by atoms with van der Waals surface area (Å²) in [6, 6.07) is 68.7. The molecule has 15 rings (SSSR count). The van der Waals surface area contributed by atoms with Crippen LogP contribution < -0.4 is 20.6 Å². The van der Waals surface area contributed by atoms with Crippen molar-refractivity contribution in [2.45, 2.75) is 76.0 Å². The number of rotatable bonds is 1. The van der Waals surface area contributed by atoms with E-state index >= 15 is 0 Å². The van der Waals surface area contributed by atoms with Gasteiger partial charge in [0.05, 0.1) is 11.1 Å². The number of benzene rings is 9. The molecular formula is C64H51BN2. The van der Waals surface area contributed by atoms with Gasteiger partial charge in [-0.05, 0) is 136 Å². The lowest BCUT2D eigenvalue weighted by Gasteiger charge is -2.52. The molecular weight excluding hydrogens is 808 g/mol. The van der Waals surface area contributed by atoms with Gasteiger partial charge in [-0.1, -0.05) is 193 Å². The molecule has 0 atom stereocenters. The van der Waals surface area contributed by atoms with Gasteiger partial charge < -0.3 is 9.71 Å². The van der Waals surface area contributed by atoms with Crippen LogP contribution in [-0.4, -0.2) is 6.85 Å². The summed E-state index contributed by atoms with van der Waals surface area (Å²) in [5, 5.41) is 2.58. The van der Waals surface area contributed by atoms with E-state index in [0.29, 0.717) is 0 Å². The van der Waals surface area contributed by atoms with Gasteiger partial charge in [0.2, 0.25) is 0 Å². The highest BCUT2D eigenvalue weighted by molar-refractivity contribution is 6.94. The van der Waals surface area contributed by atoms with Gasteiger partial charge in [-0.15, -0.1) is 0 Å². The van der Waals surface area contributed by atoms with Crippen molar-refractivity contribution < 1.29 is 0 Å². The van der Waals surface area contributed by atoms with E-state index < -0.39 is 5.41 Å². The fourth-order valence-electron chi connectivity index (χ4n) is 14.5. The summed E-state index contributed by atoms with van der Waals surface area (Å²) in [6.07, 6.45) is 2.35. The predicted octanol–water partition coefficient (Wildman–Crippen LogP) is 14.9. The molecule has 67 heavy (non-hydrogen) atoms. The Morgan fingerprint density at radius 1 is 0.418 bits per heavy atom. The fraction of sp³-hybridized carbons (Fsp3) is 0.188. The maximum absolute atomic E-state index is 2.83. The van der Waals surface area contributed by atoms with E-state index in [1.807, 2.05) is 0 Å². The number of fused-ring (bicyclic) bond motifs is 20. The molecule has 3 heterocycles. The Morgan fingerprint density at radius 2 is 1.03 bits per heavy atom. The van der Waals surface area contributed by atoms with Gasteiger partial charge >= 0.3 is 6.85 Å². The Morgan fingerprint density at radius 3 is 1.79 bits per heavy atom. The lowest BCUT2D eigenvalue weighted by Crippen LogP contribution is -2.63. The van der Waals surface area contributed by atoms with Gasteiger partial charge in [0.1, 0.15) is 0 Å². The summed E-state index contributed by atoms with van der Waals surface area (Å²) >= 11 is 0. The summed E-state index contributed by atoms with van der Waals surface area (Å²) in [4.78, 5) is 5.52. The summed E-state index contributed by atoms with van der Waals surface area (Å²) < 4.78 is 0. The molecule has 0 N–H and O–H groups in total. The zero-order valence-corrected chi connectivity index (χ0v) is 39.1. The van der Waals surface area contributed by atoms with E-state index in [-0.39, 0.29) is 23.1 Å². The van der Waals surface area contributed by atoms with Crippen LogP contribution in [0.5, 0.6) is 0 Å². The first kappa shape index (κ1) is 38.1. The molecule has 0 unspecified atom stereocenters. The minimum Gasteiger partial charge on any atom is -0.376 e. The molecule has 2 nitrogen and oxygen atoms in total. The lowest BCUT2D eigenvalue weighted by atomic mass is 9.42. The minimum atomic E-state index is -0.508. The zero-order chi connectivity index (χ0) is 44.9. The molecule has 0 fully saturated rings. The van der Waals surface area contributed by atoms with Gasteiger partial charge in [-0.2, -0.15) is 0 Å². The van der Waals surface area contributed by atoms with Crippen LogP contribution in [0.15, 0.2) is 176 Å². The molecule has 6 aliphatic rings. The van der Waals surface area contributed by atoms with Crippen molar-refractivity contribution in [3.63, 3.8) is 0 Å². The summed E-state index contributed by atoms with van der Waals surface area (Å²) in [6.45, 7) is 14.6. The maximum Gasteiger partial charge on any atom is 0.333 e. The Hall–Kier alpha value is -7.10.